The second kappa shape index (κ2) is 4.25. The lowest BCUT2D eigenvalue weighted by atomic mass is 10.2. The van der Waals surface area contributed by atoms with Crippen LogP contribution in [0.15, 0.2) is 29.3 Å². The third kappa shape index (κ3) is 2.43. The molecule has 0 saturated carbocycles. The summed E-state index contributed by atoms with van der Waals surface area (Å²) in [5.74, 6) is 0.593. The lowest BCUT2D eigenvalue weighted by Crippen LogP contribution is -2.04. The van der Waals surface area contributed by atoms with E-state index in [1.165, 1.54) is 12.1 Å². The number of rotatable bonds is 3. The molecule has 0 atom stereocenters. The molecule has 1 aliphatic rings. The Morgan fingerprint density at radius 2 is 2.27 bits per heavy atom. The minimum absolute atomic E-state index is 0.112. The Morgan fingerprint density at radius 3 is 2.93 bits per heavy atom. The second-order valence-corrected chi connectivity index (χ2v) is 2.94. The van der Waals surface area contributed by atoms with Crippen molar-refractivity contribution < 1.29 is 18.3 Å². The molecule has 1 aromatic carbocycles. The van der Waals surface area contributed by atoms with Gasteiger partial charge in [-0.15, -0.1) is 0 Å². The lowest BCUT2D eigenvalue weighted by Gasteiger charge is -2.06. The number of hydrogen-bond acceptors (Lipinski definition) is 3. The molecule has 0 aromatic heterocycles. The molecule has 0 fully saturated rings. The van der Waals surface area contributed by atoms with E-state index < -0.39 is 6.61 Å². The van der Waals surface area contributed by atoms with Crippen LogP contribution in [0.3, 0.4) is 0 Å². The first kappa shape index (κ1) is 9.89. The summed E-state index contributed by atoms with van der Waals surface area (Å²) in [4.78, 5) is 4.08. The molecule has 5 heteroatoms. The molecule has 0 saturated heterocycles. The van der Waals surface area contributed by atoms with Gasteiger partial charge in [0.2, 0.25) is 5.90 Å². The van der Waals surface area contributed by atoms with Gasteiger partial charge in [-0.05, 0) is 18.2 Å². The normalized spacial score (nSPS) is 15.0. The number of halogens is 2. The van der Waals surface area contributed by atoms with E-state index in [4.69, 9.17) is 4.74 Å². The summed E-state index contributed by atoms with van der Waals surface area (Å²) in [6.07, 6.45) is 0. The number of alkyl halides is 2. The standard InChI is InChI=1S/C10H9F2NO2/c11-10(12)15-8-3-1-2-7(6-8)9-13-4-5-14-9/h1-3,6,10H,4-5H2. The van der Waals surface area contributed by atoms with Gasteiger partial charge in [0.25, 0.3) is 0 Å². The van der Waals surface area contributed by atoms with Crippen LogP contribution in [-0.2, 0) is 4.74 Å². The maximum Gasteiger partial charge on any atom is 0.387 e. The molecular weight excluding hydrogens is 204 g/mol. The maximum atomic E-state index is 11.9. The van der Waals surface area contributed by atoms with E-state index in [-0.39, 0.29) is 5.75 Å². The van der Waals surface area contributed by atoms with Gasteiger partial charge < -0.3 is 9.47 Å². The largest absolute Gasteiger partial charge is 0.476 e. The fourth-order valence-electron chi connectivity index (χ4n) is 1.32. The molecule has 15 heavy (non-hydrogen) atoms. The highest BCUT2D eigenvalue weighted by Gasteiger charge is 2.12. The minimum Gasteiger partial charge on any atom is -0.476 e. The molecule has 3 nitrogen and oxygen atoms in total. The van der Waals surface area contributed by atoms with Crippen molar-refractivity contribution in [2.24, 2.45) is 4.99 Å². The lowest BCUT2D eigenvalue weighted by molar-refractivity contribution is -0.0498. The van der Waals surface area contributed by atoms with E-state index in [1.807, 2.05) is 0 Å². The summed E-state index contributed by atoms with van der Waals surface area (Å²) in [5, 5.41) is 0. The van der Waals surface area contributed by atoms with Crippen LogP contribution >= 0.6 is 0 Å². The summed E-state index contributed by atoms with van der Waals surface area (Å²) in [6.45, 7) is -1.67. The van der Waals surface area contributed by atoms with Crippen LogP contribution in [0.5, 0.6) is 5.75 Å². The van der Waals surface area contributed by atoms with E-state index in [2.05, 4.69) is 9.73 Å². The van der Waals surface area contributed by atoms with E-state index >= 15 is 0 Å². The Morgan fingerprint density at radius 1 is 1.40 bits per heavy atom. The van der Waals surface area contributed by atoms with Crippen LogP contribution in [0.25, 0.3) is 0 Å². The molecule has 0 aliphatic carbocycles. The monoisotopic (exact) mass is 213 g/mol. The Balaban J connectivity index is 2.18. The quantitative estimate of drug-likeness (QED) is 0.769. The van der Waals surface area contributed by atoms with Crippen molar-refractivity contribution in [2.45, 2.75) is 6.61 Å². The minimum atomic E-state index is -2.81. The third-order valence-electron chi connectivity index (χ3n) is 1.89. The van der Waals surface area contributed by atoms with E-state index in [0.717, 1.165) is 0 Å². The van der Waals surface area contributed by atoms with Gasteiger partial charge in [0.1, 0.15) is 12.4 Å². The molecule has 0 bridgehead atoms. The van der Waals surface area contributed by atoms with Gasteiger partial charge in [-0.25, -0.2) is 4.99 Å². The predicted molar refractivity (Wildman–Crippen MR) is 50.4 cm³/mol. The first-order valence-electron chi connectivity index (χ1n) is 4.48. The van der Waals surface area contributed by atoms with Gasteiger partial charge in [0, 0.05) is 5.56 Å². The Kier molecular flexibility index (Phi) is 2.80. The first-order chi connectivity index (χ1) is 7.25. The smallest absolute Gasteiger partial charge is 0.387 e. The SMILES string of the molecule is FC(F)Oc1cccc(C2=NCCO2)c1. The van der Waals surface area contributed by atoms with Gasteiger partial charge in [0.15, 0.2) is 0 Å². The number of benzene rings is 1. The van der Waals surface area contributed by atoms with Crippen molar-refractivity contribution in [1.29, 1.82) is 0 Å². The zero-order valence-electron chi connectivity index (χ0n) is 7.82. The predicted octanol–water partition coefficient (Wildman–Crippen LogP) is 2.06. The first-order valence-corrected chi connectivity index (χ1v) is 4.48. The van der Waals surface area contributed by atoms with Crippen LogP contribution in [0.1, 0.15) is 5.56 Å². The van der Waals surface area contributed by atoms with Crippen molar-refractivity contribution in [3.63, 3.8) is 0 Å². The maximum absolute atomic E-state index is 11.9. The highest BCUT2D eigenvalue weighted by molar-refractivity contribution is 5.95. The van der Waals surface area contributed by atoms with Crippen LogP contribution in [0, 0.1) is 0 Å². The Labute approximate surface area is 85.3 Å². The summed E-state index contributed by atoms with van der Waals surface area (Å²) in [6, 6.07) is 6.31. The summed E-state index contributed by atoms with van der Waals surface area (Å²) < 4.78 is 33.4. The van der Waals surface area contributed by atoms with Crippen molar-refractivity contribution in [3.8, 4) is 5.75 Å². The topological polar surface area (TPSA) is 30.8 Å². The van der Waals surface area contributed by atoms with Crippen LogP contribution in [-0.4, -0.2) is 25.7 Å². The van der Waals surface area contributed by atoms with E-state index in [0.29, 0.717) is 24.6 Å². The molecule has 0 N–H and O–H groups in total. The summed E-state index contributed by atoms with van der Waals surface area (Å²) in [5.41, 5.74) is 0.658. The molecule has 0 amide bonds. The molecule has 0 spiro atoms. The van der Waals surface area contributed by atoms with Gasteiger partial charge >= 0.3 is 6.61 Å². The Bertz CT molecular complexity index is 379. The fourth-order valence-corrected chi connectivity index (χ4v) is 1.32. The van der Waals surface area contributed by atoms with Gasteiger partial charge in [-0.3, -0.25) is 0 Å². The molecule has 1 heterocycles. The Hall–Kier alpha value is -1.65. The number of aliphatic imine (C=N–C) groups is 1. The molecule has 2 rings (SSSR count). The van der Waals surface area contributed by atoms with Gasteiger partial charge in [0.05, 0.1) is 6.54 Å². The van der Waals surface area contributed by atoms with Crippen molar-refractivity contribution in [1.82, 2.24) is 0 Å². The van der Waals surface area contributed by atoms with Gasteiger partial charge in [-0.1, -0.05) is 6.07 Å². The molecular formula is C10H9F2NO2. The zero-order chi connectivity index (χ0) is 10.7. The molecule has 0 unspecified atom stereocenters. The second-order valence-electron chi connectivity index (χ2n) is 2.94. The average molecular weight is 213 g/mol. The highest BCUT2D eigenvalue weighted by Crippen LogP contribution is 2.17. The van der Waals surface area contributed by atoms with Crippen molar-refractivity contribution >= 4 is 5.90 Å². The van der Waals surface area contributed by atoms with E-state index in [9.17, 15) is 8.78 Å². The number of nitrogens with zero attached hydrogens (tertiary/aromatic N) is 1. The van der Waals surface area contributed by atoms with Crippen LogP contribution in [0.2, 0.25) is 0 Å². The average Bonchev–Trinajstić information content (AvgIpc) is 2.69. The van der Waals surface area contributed by atoms with Crippen molar-refractivity contribution in [3.05, 3.63) is 29.8 Å². The van der Waals surface area contributed by atoms with E-state index in [1.54, 1.807) is 12.1 Å². The summed E-state index contributed by atoms with van der Waals surface area (Å²) in [7, 11) is 0. The highest BCUT2D eigenvalue weighted by atomic mass is 19.3. The summed E-state index contributed by atoms with van der Waals surface area (Å²) >= 11 is 0. The zero-order valence-corrected chi connectivity index (χ0v) is 7.82. The van der Waals surface area contributed by atoms with Crippen LogP contribution in [0.4, 0.5) is 8.78 Å². The number of ether oxygens (including phenoxy) is 2. The van der Waals surface area contributed by atoms with Crippen molar-refractivity contribution in [2.75, 3.05) is 13.2 Å². The fraction of sp³-hybridized carbons (Fsp3) is 0.300. The molecule has 0 radical (unpaired) electrons. The van der Waals surface area contributed by atoms with Crippen LogP contribution < -0.4 is 4.74 Å². The third-order valence-corrected chi connectivity index (χ3v) is 1.89. The molecule has 1 aromatic rings. The molecule has 1 aliphatic heterocycles. The number of hydrogen-bond donors (Lipinski definition) is 0. The van der Waals surface area contributed by atoms with Gasteiger partial charge in [-0.2, -0.15) is 8.78 Å². The molecule has 80 valence electrons.